The number of unbranched alkanes of at least 4 members (excludes halogenated alkanes) is 2. The molecule has 30 heavy (non-hydrogen) atoms. The molecule has 0 bridgehead atoms. The van der Waals surface area contributed by atoms with Crippen LogP contribution in [0.3, 0.4) is 0 Å². The van der Waals surface area contributed by atoms with E-state index in [9.17, 15) is 13.2 Å². The SMILES string of the molecule is CCCCOc1ccc(-c2ccc(C3CCC(CCCC)CO3)c(F)c2)c(F)c1F. The van der Waals surface area contributed by atoms with Crippen LogP contribution in [-0.2, 0) is 4.74 Å². The molecule has 0 spiro atoms. The van der Waals surface area contributed by atoms with Gasteiger partial charge in [-0.3, -0.25) is 0 Å². The van der Waals surface area contributed by atoms with Gasteiger partial charge in [0, 0.05) is 11.1 Å². The van der Waals surface area contributed by atoms with Crippen LogP contribution in [0.5, 0.6) is 5.75 Å². The van der Waals surface area contributed by atoms with Crippen LogP contribution in [0.15, 0.2) is 30.3 Å². The van der Waals surface area contributed by atoms with Crippen molar-refractivity contribution in [1.82, 2.24) is 0 Å². The van der Waals surface area contributed by atoms with Crippen molar-refractivity contribution in [3.05, 3.63) is 53.3 Å². The Kier molecular flexibility index (Phi) is 8.20. The van der Waals surface area contributed by atoms with Crippen LogP contribution < -0.4 is 4.74 Å². The van der Waals surface area contributed by atoms with E-state index in [1.54, 1.807) is 12.1 Å². The summed E-state index contributed by atoms with van der Waals surface area (Å²) in [6, 6.07) is 7.35. The molecule has 164 valence electrons. The second-order valence-electron chi connectivity index (χ2n) is 8.09. The van der Waals surface area contributed by atoms with Gasteiger partial charge >= 0.3 is 0 Å². The molecule has 1 aliphatic rings. The third kappa shape index (κ3) is 5.37. The molecule has 0 radical (unpaired) electrons. The third-order valence-corrected chi connectivity index (χ3v) is 5.80. The van der Waals surface area contributed by atoms with Gasteiger partial charge in [-0.15, -0.1) is 0 Å². The summed E-state index contributed by atoms with van der Waals surface area (Å²) in [6.45, 7) is 5.14. The predicted molar refractivity (Wildman–Crippen MR) is 113 cm³/mol. The standard InChI is InChI=1S/C25H31F3O2/c1-3-5-7-17-8-12-22(30-16-17)20-10-9-18(15-21(20)26)19-11-13-23(25(28)24(19)27)29-14-6-4-2/h9-11,13,15,17,22H,3-8,12,14,16H2,1-2H3. The molecule has 3 rings (SSSR count). The van der Waals surface area contributed by atoms with Crippen LogP contribution in [0, 0.1) is 23.4 Å². The zero-order valence-corrected chi connectivity index (χ0v) is 17.9. The smallest absolute Gasteiger partial charge is 0.201 e. The summed E-state index contributed by atoms with van der Waals surface area (Å²) in [7, 11) is 0. The average molecular weight is 421 g/mol. The van der Waals surface area contributed by atoms with E-state index in [2.05, 4.69) is 6.92 Å². The first-order valence-corrected chi connectivity index (χ1v) is 11.1. The fourth-order valence-corrected chi connectivity index (χ4v) is 3.92. The molecule has 0 saturated carbocycles. The van der Waals surface area contributed by atoms with Crippen LogP contribution in [0.25, 0.3) is 11.1 Å². The van der Waals surface area contributed by atoms with Gasteiger partial charge in [0.05, 0.1) is 19.3 Å². The van der Waals surface area contributed by atoms with Crippen LogP contribution in [0.2, 0.25) is 0 Å². The molecule has 1 heterocycles. The average Bonchev–Trinajstić information content (AvgIpc) is 2.76. The summed E-state index contributed by atoms with van der Waals surface area (Å²) >= 11 is 0. The maximum atomic E-state index is 14.8. The topological polar surface area (TPSA) is 18.5 Å². The Morgan fingerprint density at radius 1 is 0.967 bits per heavy atom. The molecule has 2 unspecified atom stereocenters. The van der Waals surface area contributed by atoms with Crippen molar-refractivity contribution >= 4 is 0 Å². The van der Waals surface area contributed by atoms with E-state index in [4.69, 9.17) is 9.47 Å². The van der Waals surface area contributed by atoms with Gasteiger partial charge in [-0.2, -0.15) is 4.39 Å². The molecule has 2 aromatic rings. The number of halogens is 3. The Labute approximate surface area is 177 Å². The van der Waals surface area contributed by atoms with Gasteiger partial charge in [-0.1, -0.05) is 45.2 Å². The van der Waals surface area contributed by atoms with E-state index in [0.717, 1.165) is 32.1 Å². The summed E-state index contributed by atoms with van der Waals surface area (Å²) in [5.41, 5.74) is 0.794. The quantitative estimate of drug-likeness (QED) is 0.389. The lowest BCUT2D eigenvalue weighted by Crippen LogP contribution is -2.21. The minimum Gasteiger partial charge on any atom is -0.490 e. The number of benzene rings is 2. The zero-order chi connectivity index (χ0) is 21.5. The summed E-state index contributed by atoms with van der Waals surface area (Å²) in [5.74, 6) is -2.09. The van der Waals surface area contributed by atoms with Gasteiger partial charge < -0.3 is 9.47 Å². The highest BCUT2D eigenvalue weighted by Crippen LogP contribution is 2.36. The summed E-state index contributed by atoms with van der Waals surface area (Å²) in [5, 5.41) is 0. The van der Waals surface area contributed by atoms with E-state index < -0.39 is 17.5 Å². The second-order valence-corrected chi connectivity index (χ2v) is 8.09. The maximum Gasteiger partial charge on any atom is 0.201 e. The lowest BCUT2D eigenvalue weighted by atomic mass is 9.90. The molecular weight excluding hydrogens is 389 g/mol. The summed E-state index contributed by atoms with van der Waals surface area (Å²) in [4.78, 5) is 0. The highest BCUT2D eigenvalue weighted by molar-refractivity contribution is 5.66. The van der Waals surface area contributed by atoms with E-state index in [-0.39, 0.29) is 17.4 Å². The molecule has 0 aliphatic carbocycles. The van der Waals surface area contributed by atoms with Crippen molar-refractivity contribution in [3.8, 4) is 16.9 Å². The number of rotatable bonds is 9. The first kappa shape index (κ1) is 22.7. The van der Waals surface area contributed by atoms with Gasteiger partial charge in [0.15, 0.2) is 11.6 Å². The number of hydrogen-bond acceptors (Lipinski definition) is 2. The Balaban J connectivity index is 1.72. The van der Waals surface area contributed by atoms with E-state index >= 15 is 0 Å². The van der Waals surface area contributed by atoms with Gasteiger partial charge in [-0.25, -0.2) is 8.78 Å². The Morgan fingerprint density at radius 2 is 1.77 bits per heavy atom. The summed E-state index contributed by atoms with van der Waals surface area (Å²) < 4.78 is 55.0. The monoisotopic (exact) mass is 420 g/mol. The van der Waals surface area contributed by atoms with Gasteiger partial charge in [0.1, 0.15) is 5.82 Å². The van der Waals surface area contributed by atoms with Gasteiger partial charge in [0.25, 0.3) is 0 Å². The van der Waals surface area contributed by atoms with Crippen molar-refractivity contribution in [2.45, 2.75) is 64.9 Å². The zero-order valence-electron chi connectivity index (χ0n) is 17.9. The molecule has 0 aromatic heterocycles. The van der Waals surface area contributed by atoms with Crippen LogP contribution in [0.1, 0.15) is 70.5 Å². The fraction of sp³-hybridized carbons (Fsp3) is 0.520. The predicted octanol–water partition coefficient (Wildman–Crippen LogP) is 7.61. The van der Waals surface area contributed by atoms with E-state index in [1.807, 2.05) is 6.92 Å². The molecule has 5 heteroatoms. The number of ether oxygens (including phenoxy) is 2. The minimum atomic E-state index is -1.04. The highest BCUT2D eigenvalue weighted by atomic mass is 19.2. The molecule has 1 aliphatic heterocycles. The van der Waals surface area contributed by atoms with Crippen LogP contribution in [0.4, 0.5) is 13.2 Å². The highest BCUT2D eigenvalue weighted by Gasteiger charge is 2.25. The fourth-order valence-electron chi connectivity index (χ4n) is 3.92. The van der Waals surface area contributed by atoms with Crippen LogP contribution in [-0.4, -0.2) is 13.2 Å². The van der Waals surface area contributed by atoms with Crippen LogP contribution >= 0.6 is 0 Å². The lowest BCUT2D eigenvalue weighted by Gasteiger charge is -2.29. The molecule has 0 amide bonds. The molecule has 0 N–H and O–H groups in total. The van der Waals surface area contributed by atoms with E-state index in [0.29, 0.717) is 30.3 Å². The first-order valence-electron chi connectivity index (χ1n) is 11.1. The largest absolute Gasteiger partial charge is 0.490 e. The molecule has 1 saturated heterocycles. The van der Waals surface area contributed by atoms with Crippen molar-refractivity contribution in [2.24, 2.45) is 5.92 Å². The maximum absolute atomic E-state index is 14.8. The Hall–Kier alpha value is -2.01. The van der Waals surface area contributed by atoms with Crippen molar-refractivity contribution < 1.29 is 22.6 Å². The first-order chi connectivity index (χ1) is 14.5. The molecule has 2 nitrogen and oxygen atoms in total. The van der Waals surface area contributed by atoms with Crippen molar-refractivity contribution in [1.29, 1.82) is 0 Å². The lowest BCUT2D eigenvalue weighted by molar-refractivity contribution is -0.0214. The third-order valence-electron chi connectivity index (χ3n) is 5.80. The molecule has 2 aromatic carbocycles. The molecule has 2 atom stereocenters. The number of hydrogen-bond donors (Lipinski definition) is 0. The second kappa shape index (κ2) is 10.9. The van der Waals surface area contributed by atoms with Gasteiger partial charge in [0.2, 0.25) is 5.82 Å². The Morgan fingerprint density at radius 3 is 2.43 bits per heavy atom. The normalized spacial score (nSPS) is 19.1. The summed E-state index contributed by atoms with van der Waals surface area (Å²) in [6.07, 6.45) is 6.67. The van der Waals surface area contributed by atoms with Crippen molar-refractivity contribution in [3.63, 3.8) is 0 Å². The molecule has 1 fully saturated rings. The van der Waals surface area contributed by atoms with Crippen molar-refractivity contribution in [2.75, 3.05) is 13.2 Å². The van der Waals surface area contributed by atoms with E-state index in [1.165, 1.54) is 31.0 Å². The Bertz CT molecular complexity index is 829. The molecular formula is C25H31F3O2. The van der Waals surface area contributed by atoms with Gasteiger partial charge in [-0.05, 0) is 55.4 Å². The minimum absolute atomic E-state index is 0.0185.